The first-order valence-electron chi connectivity index (χ1n) is 6.16. The van der Waals surface area contributed by atoms with E-state index in [2.05, 4.69) is 30.4 Å². The average Bonchev–Trinajstić information content (AvgIpc) is 2.40. The Hall–Kier alpha value is -0.940. The number of hydrogen-bond donors (Lipinski definition) is 2. The highest BCUT2D eigenvalue weighted by atomic mass is 35.5. The van der Waals surface area contributed by atoms with Gasteiger partial charge in [-0.15, -0.1) is 0 Å². The number of anilines is 1. The summed E-state index contributed by atoms with van der Waals surface area (Å²) >= 11 is 7.64. The molecule has 0 saturated carbocycles. The smallest absolute Gasteiger partial charge is 0.335 e. The Balaban J connectivity index is 2.85. The molecular weight excluding hydrogens is 284 g/mol. The van der Waals surface area contributed by atoms with Crippen molar-refractivity contribution < 1.29 is 9.90 Å². The standard InChI is InChI=1S/C13H19ClN2O2S/c1-4-13(5-2,19-3)8-15-11-7-9(12(17)18)6-10(14)16-11/h6-7H,4-5,8H2,1-3H3,(H,15,16)(H,17,18). The van der Waals surface area contributed by atoms with E-state index in [1.165, 1.54) is 12.1 Å². The zero-order chi connectivity index (χ0) is 14.5. The average molecular weight is 303 g/mol. The van der Waals surface area contributed by atoms with Crippen molar-refractivity contribution in [2.24, 2.45) is 0 Å². The van der Waals surface area contributed by atoms with Crippen molar-refractivity contribution in [2.75, 3.05) is 18.1 Å². The van der Waals surface area contributed by atoms with Gasteiger partial charge >= 0.3 is 5.97 Å². The van der Waals surface area contributed by atoms with Crippen LogP contribution >= 0.6 is 23.4 Å². The number of aromatic carboxylic acids is 1. The fourth-order valence-electron chi connectivity index (χ4n) is 1.82. The third kappa shape index (κ3) is 4.28. The van der Waals surface area contributed by atoms with Gasteiger partial charge in [-0.3, -0.25) is 0 Å². The van der Waals surface area contributed by atoms with Gasteiger partial charge in [0.05, 0.1) is 5.56 Å². The summed E-state index contributed by atoms with van der Waals surface area (Å²) in [5, 5.41) is 12.4. The third-order valence-corrected chi connectivity index (χ3v) is 5.14. The van der Waals surface area contributed by atoms with Crippen molar-refractivity contribution in [3.8, 4) is 0 Å². The van der Waals surface area contributed by atoms with Gasteiger partial charge in [-0.2, -0.15) is 11.8 Å². The van der Waals surface area contributed by atoms with Crippen molar-refractivity contribution >= 4 is 35.1 Å². The summed E-state index contributed by atoms with van der Waals surface area (Å²) in [6, 6.07) is 2.85. The van der Waals surface area contributed by atoms with Crippen LogP contribution in [-0.4, -0.2) is 33.6 Å². The Morgan fingerprint density at radius 1 is 1.47 bits per heavy atom. The molecule has 1 aromatic heterocycles. The summed E-state index contributed by atoms with van der Waals surface area (Å²) in [4.78, 5) is 15.1. The highest BCUT2D eigenvalue weighted by Gasteiger charge is 2.24. The van der Waals surface area contributed by atoms with E-state index in [4.69, 9.17) is 16.7 Å². The molecule has 0 aliphatic carbocycles. The normalized spacial score (nSPS) is 11.4. The number of halogens is 1. The van der Waals surface area contributed by atoms with E-state index in [1.54, 1.807) is 0 Å². The molecule has 0 unspecified atom stereocenters. The van der Waals surface area contributed by atoms with E-state index in [-0.39, 0.29) is 15.5 Å². The van der Waals surface area contributed by atoms with E-state index < -0.39 is 5.97 Å². The Kier molecular flexibility index (Phi) is 5.94. The van der Waals surface area contributed by atoms with E-state index >= 15 is 0 Å². The molecule has 6 heteroatoms. The lowest BCUT2D eigenvalue weighted by atomic mass is 10.0. The Labute approximate surface area is 123 Å². The van der Waals surface area contributed by atoms with Gasteiger partial charge in [-0.25, -0.2) is 9.78 Å². The molecule has 0 fully saturated rings. The molecular formula is C13H19ClN2O2S. The van der Waals surface area contributed by atoms with Crippen molar-refractivity contribution in [3.05, 3.63) is 22.8 Å². The van der Waals surface area contributed by atoms with Crippen LogP contribution in [0.15, 0.2) is 12.1 Å². The van der Waals surface area contributed by atoms with Crippen LogP contribution in [0.5, 0.6) is 0 Å². The minimum absolute atomic E-state index is 0.132. The number of hydrogen-bond acceptors (Lipinski definition) is 4. The van der Waals surface area contributed by atoms with Crippen LogP contribution in [0.2, 0.25) is 5.15 Å². The van der Waals surface area contributed by atoms with Crippen molar-refractivity contribution in [1.29, 1.82) is 0 Å². The molecule has 2 N–H and O–H groups in total. The molecule has 1 heterocycles. The monoisotopic (exact) mass is 302 g/mol. The zero-order valence-corrected chi connectivity index (χ0v) is 12.9. The quantitative estimate of drug-likeness (QED) is 0.751. The van der Waals surface area contributed by atoms with Gasteiger partial charge < -0.3 is 10.4 Å². The molecule has 0 radical (unpaired) electrons. The highest BCUT2D eigenvalue weighted by Crippen LogP contribution is 2.30. The number of thioether (sulfide) groups is 1. The van der Waals surface area contributed by atoms with Gasteiger partial charge in [0.25, 0.3) is 0 Å². The number of aromatic nitrogens is 1. The number of carboxylic acids is 1. The summed E-state index contributed by atoms with van der Waals surface area (Å²) in [6.45, 7) is 5.03. The molecule has 0 atom stereocenters. The molecule has 4 nitrogen and oxygen atoms in total. The maximum absolute atomic E-state index is 11.0. The second-order valence-corrected chi connectivity index (χ2v) is 5.98. The lowest BCUT2D eigenvalue weighted by Crippen LogP contribution is -2.32. The summed E-state index contributed by atoms with van der Waals surface area (Å²) in [6.07, 6.45) is 4.15. The maximum atomic E-state index is 11.0. The van der Waals surface area contributed by atoms with E-state index in [1.807, 2.05) is 11.8 Å². The molecule has 0 saturated heterocycles. The number of nitrogens with one attached hydrogen (secondary N) is 1. The van der Waals surface area contributed by atoms with Gasteiger partial charge in [0.1, 0.15) is 11.0 Å². The van der Waals surface area contributed by atoms with Gasteiger partial charge in [-0.05, 0) is 31.2 Å². The Morgan fingerprint density at radius 2 is 2.11 bits per heavy atom. The second kappa shape index (κ2) is 7.01. The predicted octanol–water partition coefficient (Wildman–Crippen LogP) is 3.77. The van der Waals surface area contributed by atoms with Crippen molar-refractivity contribution in [2.45, 2.75) is 31.4 Å². The number of pyridine rings is 1. The minimum Gasteiger partial charge on any atom is -0.478 e. The van der Waals surface area contributed by atoms with Crippen LogP contribution in [0.3, 0.4) is 0 Å². The van der Waals surface area contributed by atoms with Gasteiger partial charge in [0, 0.05) is 11.3 Å². The molecule has 1 rings (SSSR count). The van der Waals surface area contributed by atoms with Gasteiger partial charge in [0.15, 0.2) is 0 Å². The van der Waals surface area contributed by atoms with E-state index in [0.717, 1.165) is 19.4 Å². The van der Waals surface area contributed by atoms with Crippen LogP contribution in [0.25, 0.3) is 0 Å². The maximum Gasteiger partial charge on any atom is 0.335 e. The number of rotatable bonds is 7. The van der Waals surface area contributed by atoms with E-state index in [0.29, 0.717) is 5.82 Å². The number of carboxylic acid groups (broad SMARTS) is 1. The molecule has 19 heavy (non-hydrogen) atoms. The molecule has 1 aromatic rings. The van der Waals surface area contributed by atoms with Crippen LogP contribution in [0.4, 0.5) is 5.82 Å². The Morgan fingerprint density at radius 3 is 2.58 bits per heavy atom. The molecule has 0 amide bonds. The third-order valence-electron chi connectivity index (χ3n) is 3.35. The molecule has 0 bridgehead atoms. The number of nitrogens with zero attached hydrogens (tertiary/aromatic N) is 1. The predicted molar refractivity (Wildman–Crippen MR) is 81.5 cm³/mol. The summed E-state index contributed by atoms with van der Waals surface area (Å²) in [5.41, 5.74) is 0.144. The molecule has 0 aliphatic heterocycles. The number of carbonyl (C=O) groups is 1. The molecule has 0 aliphatic rings. The van der Waals surface area contributed by atoms with Crippen LogP contribution < -0.4 is 5.32 Å². The van der Waals surface area contributed by atoms with Crippen LogP contribution in [-0.2, 0) is 0 Å². The van der Waals surface area contributed by atoms with Crippen molar-refractivity contribution in [3.63, 3.8) is 0 Å². The molecule has 106 valence electrons. The topological polar surface area (TPSA) is 62.2 Å². The lowest BCUT2D eigenvalue weighted by Gasteiger charge is -2.30. The van der Waals surface area contributed by atoms with Crippen molar-refractivity contribution in [1.82, 2.24) is 4.98 Å². The van der Waals surface area contributed by atoms with Crippen LogP contribution in [0, 0.1) is 0 Å². The SMILES string of the molecule is CCC(CC)(CNc1cc(C(=O)O)cc(Cl)n1)SC. The first kappa shape index (κ1) is 16.1. The van der Waals surface area contributed by atoms with Crippen LogP contribution in [0.1, 0.15) is 37.0 Å². The highest BCUT2D eigenvalue weighted by molar-refractivity contribution is 8.00. The largest absolute Gasteiger partial charge is 0.478 e. The summed E-state index contributed by atoms with van der Waals surface area (Å²) in [7, 11) is 0. The van der Waals surface area contributed by atoms with Gasteiger partial charge in [-0.1, -0.05) is 25.4 Å². The molecule has 0 spiro atoms. The summed E-state index contributed by atoms with van der Waals surface area (Å²) < 4.78 is 0.132. The fraction of sp³-hybridized carbons (Fsp3) is 0.538. The fourth-order valence-corrected chi connectivity index (χ4v) is 2.83. The first-order chi connectivity index (χ1) is 8.96. The lowest BCUT2D eigenvalue weighted by molar-refractivity contribution is 0.0697. The first-order valence-corrected chi connectivity index (χ1v) is 7.76. The zero-order valence-electron chi connectivity index (χ0n) is 11.4. The van der Waals surface area contributed by atoms with Gasteiger partial charge in [0.2, 0.25) is 0 Å². The summed E-state index contributed by atoms with van der Waals surface area (Å²) in [5.74, 6) is -0.500. The Bertz CT molecular complexity index is 442. The second-order valence-electron chi connectivity index (χ2n) is 4.32. The molecule has 0 aromatic carbocycles. The van der Waals surface area contributed by atoms with E-state index in [9.17, 15) is 4.79 Å². The minimum atomic E-state index is -1.01.